The summed E-state index contributed by atoms with van der Waals surface area (Å²) in [7, 11) is -3.07. The zero-order valence-corrected chi connectivity index (χ0v) is 13.9. The van der Waals surface area contributed by atoms with E-state index >= 15 is 0 Å². The first kappa shape index (κ1) is 15.5. The summed E-state index contributed by atoms with van der Waals surface area (Å²) in [6, 6.07) is 6.11. The Hall–Kier alpha value is -1.38. The first-order chi connectivity index (χ1) is 10.4. The molecule has 8 heteroatoms. The Bertz CT molecular complexity index is 768. The fourth-order valence-corrected chi connectivity index (χ4v) is 5.60. The van der Waals surface area contributed by atoms with Gasteiger partial charge in [0, 0.05) is 0 Å². The topological polar surface area (TPSA) is 74.7 Å². The van der Waals surface area contributed by atoms with Crippen molar-refractivity contribution in [3.05, 3.63) is 34.7 Å². The molecule has 3 rings (SSSR count). The van der Waals surface area contributed by atoms with Crippen LogP contribution in [0.2, 0.25) is 0 Å². The van der Waals surface area contributed by atoms with Gasteiger partial charge >= 0.3 is 0 Å². The van der Waals surface area contributed by atoms with Crippen LogP contribution in [-0.2, 0) is 14.6 Å². The Kier molecular flexibility index (Phi) is 4.00. The number of sulfone groups is 1. The van der Waals surface area contributed by atoms with Gasteiger partial charge in [-0.05, 0) is 30.2 Å². The van der Waals surface area contributed by atoms with Gasteiger partial charge in [0.05, 0.1) is 22.5 Å². The second-order valence-electron chi connectivity index (χ2n) is 5.20. The minimum Gasteiger partial charge on any atom is -0.508 e. The first-order valence-corrected chi connectivity index (χ1v) is 9.67. The van der Waals surface area contributed by atoms with E-state index in [1.807, 2.05) is 0 Å². The van der Waals surface area contributed by atoms with Crippen LogP contribution in [0, 0.1) is 0 Å². The monoisotopic (exact) mass is 355 g/mol. The molecule has 0 bridgehead atoms. The molecule has 1 amide bonds. The van der Waals surface area contributed by atoms with Crippen molar-refractivity contribution in [2.24, 2.45) is 0 Å². The highest BCUT2D eigenvalue weighted by Gasteiger charge is 2.41. The fourth-order valence-electron chi connectivity index (χ4n) is 2.50. The minimum absolute atomic E-state index is 0.0219. The molecule has 0 radical (unpaired) electrons. The predicted octanol–water partition coefficient (Wildman–Crippen LogP) is 1.78. The number of hydrogen-bond donors (Lipinski definition) is 1. The van der Waals surface area contributed by atoms with Crippen LogP contribution in [0.15, 0.2) is 29.2 Å². The van der Waals surface area contributed by atoms with E-state index in [-0.39, 0.29) is 29.2 Å². The van der Waals surface area contributed by atoms with E-state index in [4.69, 9.17) is 12.2 Å². The first-order valence-electron chi connectivity index (χ1n) is 6.62. The number of carbonyl (C=O) groups excluding carboxylic acids is 1. The largest absolute Gasteiger partial charge is 0.508 e. The van der Waals surface area contributed by atoms with Crippen LogP contribution in [0.5, 0.6) is 5.75 Å². The lowest BCUT2D eigenvalue weighted by Gasteiger charge is -2.20. The lowest BCUT2D eigenvalue weighted by molar-refractivity contribution is -0.123. The second kappa shape index (κ2) is 5.68. The molecule has 1 aromatic rings. The third-order valence-electron chi connectivity index (χ3n) is 3.59. The second-order valence-corrected chi connectivity index (χ2v) is 9.10. The van der Waals surface area contributed by atoms with Gasteiger partial charge < -0.3 is 5.11 Å². The van der Waals surface area contributed by atoms with Crippen molar-refractivity contribution in [2.75, 3.05) is 11.5 Å². The maximum Gasteiger partial charge on any atom is 0.266 e. The van der Waals surface area contributed by atoms with Crippen molar-refractivity contribution in [3.8, 4) is 5.75 Å². The Labute approximate surface area is 137 Å². The molecule has 2 aliphatic heterocycles. The van der Waals surface area contributed by atoms with E-state index < -0.39 is 9.84 Å². The van der Waals surface area contributed by atoms with Crippen LogP contribution < -0.4 is 0 Å². The van der Waals surface area contributed by atoms with Crippen LogP contribution in [0.1, 0.15) is 12.0 Å². The number of nitrogens with zero attached hydrogens (tertiary/aromatic N) is 1. The van der Waals surface area contributed by atoms with Gasteiger partial charge in [-0.15, -0.1) is 0 Å². The molecular formula is C14H13NO4S3. The highest BCUT2D eigenvalue weighted by molar-refractivity contribution is 8.26. The number of thioether (sulfide) groups is 1. The average Bonchev–Trinajstić information content (AvgIpc) is 2.93. The summed E-state index contributed by atoms with van der Waals surface area (Å²) >= 11 is 6.42. The molecule has 2 fully saturated rings. The molecular weight excluding hydrogens is 342 g/mol. The molecule has 116 valence electrons. The fraction of sp³-hybridized carbons (Fsp3) is 0.286. The summed E-state index contributed by atoms with van der Waals surface area (Å²) in [5, 5.41) is 9.27. The molecule has 0 aliphatic carbocycles. The summed E-state index contributed by atoms with van der Waals surface area (Å²) in [6.45, 7) is 0. The van der Waals surface area contributed by atoms with Gasteiger partial charge in [-0.2, -0.15) is 0 Å². The number of aromatic hydroxyl groups is 1. The number of hydrogen-bond acceptors (Lipinski definition) is 6. The van der Waals surface area contributed by atoms with Crippen molar-refractivity contribution in [2.45, 2.75) is 12.5 Å². The molecule has 2 saturated heterocycles. The summed E-state index contributed by atoms with van der Waals surface area (Å²) < 4.78 is 23.6. The predicted molar refractivity (Wildman–Crippen MR) is 90.2 cm³/mol. The summed E-state index contributed by atoms with van der Waals surface area (Å²) in [4.78, 5) is 14.4. The van der Waals surface area contributed by atoms with E-state index in [1.54, 1.807) is 18.2 Å². The molecule has 22 heavy (non-hydrogen) atoms. The number of phenolic OH excluding ortho intramolecular Hbond substituents is 1. The van der Waals surface area contributed by atoms with E-state index in [2.05, 4.69) is 0 Å². The van der Waals surface area contributed by atoms with Crippen LogP contribution in [0.25, 0.3) is 6.08 Å². The number of benzene rings is 1. The molecule has 0 saturated carbocycles. The number of amides is 1. The van der Waals surface area contributed by atoms with Crippen LogP contribution in [0.3, 0.4) is 0 Å². The highest BCUT2D eigenvalue weighted by Crippen LogP contribution is 2.36. The van der Waals surface area contributed by atoms with Crippen LogP contribution in [-0.4, -0.2) is 46.2 Å². The van der Waals surface area contributed by atoms with E-state index in [9.17, 15) is 18.3 Å². The van der Waals surface area contributed by atoms with Gasteiger partial charge in [0.2, 0.25) is 0 Å². The Morgan fingerprint density at radius 2 is 2.00 bits per heavy atom. The lowest BCUT2D eigenvalue weighted by atomic mass is 10.2. The average molecular weight is 355 g/mol. The molecule has 1 N–H and O–H groups in total. The number of carbonyl (C=O) groups is 1. The smallest absolute Gasteiger partial charge is 0.266 e. The third kappa shape index (κ3) is 3.04. The van der Waals surface area contributed by atoms with Gasteiger partial charge in [-0.1, -0.05) is 36.1 Å². The van der Waals surface area contributed by atoms with Gasteiger partial charge in [-0.25, -0.2) is 8.42 Å². The number of rotatable bonds is 2. The van der Waals surface area contributed by atoms with Crippen molar-refractivity contribution >= 4 is 50.1 Å². The zero-order valence-electron chi connectivity index (χ0n) is 11.4. The summed E-state index contributed by atoms with van der Waals surface area (Å²) in [5.41, 5.74) is 0.775. The van der Waals surface area contributed by atoms with E-state index in [1.165, 1.54) is 28.8 Å². The molecule has 5 nitrogen and oxygen atoms in total. The van der Waals surface area contributed by atoms with Gasteiger partial charge in [0.1, 0.15) is 10.1 Å². The van der Waals surface area contributed by atoms with Crippen molar-refractivity contribution < 1.29 is 18.3 Å². The lowest BCUT2D eigenvalue weighted by Crippen LogP contribution is -2.39. The van der Waals surface area contributed by atoms with Crippen LogP contribution in [0.4, 0.5) is 0 Å². The van der Waals surface area contributed by atoms with Crippen molar-refractivity contribution in [3.63, 3.8) is 0 Å². The molecule has 1 atom stereocenters. The Morgan fingerprint density at radius 3 is 2.59 bits per heavy atom. The maximum absolute atomic E-state index is 12.5. The van der Waals surface area contributed by atoms with Gasteiger partial charge in [0.25, 0.3) is 5.91 Å². The van der Waals surface area contributed by atoms with Crippen molar-refractivity contribution in [1.82, 2.24) is 4.90 Å². The molecule has 0 unspecified atom stereocenters. The molecule has 2 aliphatic rings. The summed E-state index contributed by atoms with van der Waals surface area (Å²) in [5.74, 6) is -0.0106. The van der Waals surface area contributed by atoms with E-state index in [0.717, 1.165) is 5.56 Å². The summed E-state index contributed by atoms with van der Waals surface area (Å²) in [6.07, 6.45) is 2.13. The number of phenols is 1. The molecule has 1 aromatic carbocycles. The molecule has 0 aromatic heterocycles. The van der Waals surface area contributed by atoms with Gasteiger partial charge in [0.15, 0.2) is 9.84 Å². The Balaban J connectivity index is 1.84. The quantitative estimate of drug-likeness (QED) is 0.644. The number of thiocarbonyl (C=S) groups is 1. The maximum atomic E-state index is 12.5. The Morgan fingerprint density at radius 1 is 1.32 bits per heavy atom. The third-order valence-corrected chi connectivity index (χ3v) is 6.67. The van der Waals surface area contributed by atoms with E-state index in [0.29, 0.717) is 15.6 Å². The van der Waals surface area contributed by atoms with Crippen LogP contribution >= 0.6 is 24.0 Å². The normalized spacial score (nSPS) is 26.1. The zero-order chi connectivity index (χ0) is 15.9. The SMILES string of the molecule is O=C1/C(=C/c2ccc(O)cc2)SC(=S)N1[C@H]1CCS(=O)(=O)C1. The minimum atomic E-state index is -3.07. The van der Waals surface area contributed by atoms with Gasteiger partial charge in [-0.3, -0.25) is 9.69 Å². The van der Waals surface area contributed by atoms with Crippen molar-refractivity contribution in [1.29, 1.82) is 0 Å². The molecule has 0 spiro atoms. The standard InChI is InChI=1S/C14H13NO4S3/c16-11-3-1-9(2-4-11)7-12-13(17)15(14(20)21-12)10-5-6-22(18,19)8-10/h1-4,7,10,16H,5-6,8H2/b12-7-/t10-/m0/s1. The molecule has 2 heterocycles. The highest BCUT2D eigenvalue weighted by atomic mass is 32.2.